The van der Waals surface area contributed by atoms with Gasteiger partial charge in [0.05, 0.1) is 36.0 Å². The van der Waals surface area contributed by atoms with Crippen molar-refractivity contribution in [1.29, 1.82) is 0 Å². The Hall–Kier alpha value is -4.46. The molecule has 4 atom stereocenters. The number of carboxylic acid groups (broad SMARTS) is 1. The average molecular weight is 680 g/mol. The molecular weight excluding hydrogens is 630 g/mol. The number of aliphatic hydroxyl groups is 1. The van der Waals surface area contributed by atoms with Crippen molar-refractivity contribution in [3.63, 3.8) is 0 Å². The van der Waals surface area contributed by atoms with Crippen molar-refractivity contribution in [3.8, 4) is 5.75 Å². The molecule has 4 rings (SSSR count). The van der Waals surface area contributed by atoms with E-state index in [0.29, 0.717) is 54.8 Å². The van der Waals surface area contributed by atoms with E-state index in [4.69, 9.17) is 14.0 Å². The number of carboxylic acids is 1. The Labute approximate surface area is 287 Å². The zero-order valence-electron chi connectivity index (χ0n) is 29.2. The van der Waals surface area contributed by atoms with Gasteiger partial charge in [0.2, 0.25) is 0 Å². The molecule has 3 aromatic rings. The van der Waals surface area contributed by atoms with Crippen molar-refractivity contribution in [3.05, 3.63) is 70.6 Å². The molecule has 0 unspecified atom stereocenters. The lowest BCUT2D eigenvalue weighted by Gasteiger charge is -2.36. The molecule has 266 valence electrons. The Kier molecular flexibility index (Phi) is 13.2. The minimum Gasteiger partial charge on any atom is -0.490 e. The molecule has 0 bridgehead atoms. The Morgan fingerprint density at radius 2 is 1.84 bits per heavy atom. The lowest BCUT2D eigenvalue weighted by atomic mass is 10.0. The van der Waals surface area contributed by atoms with Gasteiger partial charge in [-0.05, 0) is 89.9 Å². The number of anilines is 2. The van der Waals surface area contributed by atoms with Gasteiger partial charge < -0.3 is 39.7 Å². The maximum Gasteiger partial charge on any atom is 0.335 e. The molecule has 1 aromatic heterocycles. The lowest BCUT2D eigenvalue weighted by Crippen LogP contribution is -2.47. The maximum atomic E-state index is 14.4. The Bertz CT molecular complexity index is 1560. The monoisotopic (exact) mass is 679 g/mol. The van der Waals surface area contributed by atoms with Gasteiger partial charge in [-0.15, -0.1) is 0 Å². The van der Waals surface area contributed by atoms with Gasteiger partial charge >= 0.3 is 12.0 Å². The number of nitrogens with zero attached hydrogens (tertiary/aromatic N) is 3. The van der Waals surface area contributed by atoms with E-state index in [9.17, 15) is 24.6 Å². The summed E-state index contributed by atoms with van der Waals surface area (Å²) in [6, 6.07) is 10.8. The van der Waals surface area contributed by atoms with E-state index < -0.39 is 18.0 Å². The summed E-state index contributed by atoms with van der Waals surface area (Å²) < 4.78 is 17.9. The second kappa shape index (κ2) is 17.3. The summed E-state index contributed by atoms with van der Waals surface area (Å²) in [5, 5.41) is 28.9. The Balaban J connectivity index is 1.58. The smallest absolute Gasteiger partial charge is 0.335 e. The number of hydrogen-bond donors (Lipinski definition) is 4. The zero-order chi connectivity index (χ0) is 35.7. The number of aliphatic hydroxyl groups excluding tert-OH is 1. The lowest BCUT2D eigenvalue weighted by molar-refractivity contribution is -0.0177. The van der Waals surface area contributed by atoms with E-state index in [1.54, 1.807) is 56.0 Å². The van der Waals surface area contributed by atoms with E-state index >= 15 is 0 Å². The van der Waals surface area contributed by atoms with Crippen molar-refractivity contribution >= 4 is 29.3 Å². The molecule has 3 amide bonds. The number of aromatic nitrogens is 1. The molecule has 0 radical (unpaired) electrons. The van der Waals surface area contributed by atoms with Crippen molar-refractivity contribution in [2.45, 2.75) is 78.7 Å². The van der Waals surface area contributed by atoms with E-state index in [-0.39, 0.29) is 41.8 Å². The van der Waals surface area contributed by atoms with Crippen LogP contribution in [0, 0.1) is 19.8 Å². The molecule has 4 N–H and O–H groups in total. The van der Waals surface area contributed by atoms with Gasteiger partial charge in [0, 0.05) is 37.8 Å². The fraction of sp³-hybridized carbons (Fsp3) is 0.500. The minimum absolute atomic E-state index is 0.122. The molecule has 0 saturated carbocycles. The molecule has 0 aliphatic carbocycles. The zero-order valence-corrected chi connectivity index (χ0v) is 29.2. The van der Waals surface area contributed by atoms with Crippen LogP contribution in [0.25, 0.3) is 0 Å². The van der Waals surface area contributed by atoms with Crippen LogP contribution in [0.1, 0.15) is 77.8 Å². The van der Waals surface area contributed by atoms with Crippen LogP contribution in [0.3, 0.4) is 0 Å². The largest absolute Gasteiger partial charge is 0.490 e. The summed E-state index contributed by atoms with van der Waals surface area (Å²) in [7, 11) is 1.98. The number of rotatable bonds is 9. The van der Waals surface area contributed by atoms with Crippen LogP contribution in [0.2, 0.25) is 0 Å². The fourth-order valence-electron chi connectivity index (χ4n) is 5.84. The minimum atomic E-state index is -0.965. The predicted molar refractivity (Wildman–Crippen MR) is 185 cm³/mol. The molecule has 1 aliphatic heterocycles. The molecule has 0 fully saturated rings. The topological polar surface area (TPSA) is 167 Å². The first-order valence-electron chi connectivity index (χ1n) is 16.7. The molecule has 49 heavy (non-hydrogen) atoms. The van der Waals surface area contributed by atoms with Crippen LogP contribution >= 0.6 is 0 Å². The van der Waals surface area contributed by atoms with Gasteiger partial charge in [0.1, 0.15) is 17.1 Å². The summed E-state index contributed by atoms with van der Waals surface area (Å²) >= 11 is 0. The molecule has 0 saturated heterocycles. The molecule has 1 aliphatic rings. The van der Waals surface area contributed by atoms with Gasteiger partial charge in [-0.25, -0.2) is 9.59 Å². The van der Waals surface area contributed by atoms with Gasteiger partial charge in [-0.3, -0.25) is 9.69 Å². The molecule has 0 spiro atoms. The first kappa shape index (κ1) is 37.4. The number of aromatic carboxylic acids is 1. The SMILES string of the molecule is Cc1noc(C)c1NC(=O)Nc1ccc2c(c1)C(=O)N([C@@H](C)CO)C[C@@H](C)[C@@H](CN(C)Cc1ccc(C(=O)O)cc1)OCCCC[C@H](C)O2. The standard InChI is InChI=1S/C36H49N5O8/c1-22-18-41(23(2)21-42)34(43)30-17-29(37-36(46)38-33-25(4)39-49-26(33)5)14-15-31(30)48-24(3)9-7-8-16-47-32(22)20-40(6)19-27-10-12-28(13-11-27)35(44)45/h10-15,17,22-24,32,42H,7-9,16,18-21H2,1-6H3,(H,44,45)(H2,37,38,46)/t22-,23+,24+,32-/m1/s1. The molecule has 2 heterocycles. The quantitative estimate of drug-likeness (QED) is 0.225. The number of carbonyl (C=O) groups is 3. The van der Waals surface area contributed by atoms with Crippen molar-refractivity contribution in [1.82, 2.24) is 15.0 Å². The number of likely N-dealkylation sites (N-methyl/N-ethyl adjacent to an activating group) is 1. The highest BCUT2D eigenvalue weighted by Crippen LogP contribution is 2.29. The fourth-order valence-corrected chi connectivity index (χ4v) is 5.84. The highest BCUT2D eigenvalue weighted by atomic mass is 16.5. The number of hydrogen-bond acceptors (Lipinski definition) is 9. The third kappa shape index (κ3) is 10.3. The Morgan fingerprint density at radius 3 is 2.49 bits per heavy atom. The van der Waals surface area contributed by atoms with Gasteiger partial charge in [0.15, 0.2) is 5.76 Å². The average Bonchev–Trinajstić information content (AvgIpc) is 3.38. The summed E-state index contributed by atoms with van der Waals surface area (Å²) in [4.78, 5) is 42.3. The van der Waals surface area contributed by atoms with Gasteiger partial charge in [-0.2, -0.15) is 0 Å². The van der Waals surface area contributed by atoms with Gasteiger partial charge in [-0.1, -0.05) is 24.2 Å². The van der Waals surface area contributed by atoms with Crippen LogP contribution in [-0.2, 0) is 11.3 Å². The maximum absolute atomic E-state index is 14.4. The third-order valence-electron chi connectivity index (χ3n) is 8.73. The van der Waals surface area contributed by atoms with Crippen LogP contribution < -0.4 is 15.4 Å². The second-order valence-electron chi connectivity index (χ2n) is 13.0. The Morgan fingerprint density at radius 1 is 1.10 bits per heavy atom. The van der Waals surface area contributed by atoms with Crippen LogP contribution in [0.4, 0.5) is 16.2 Å². The summed E-state index contributed by atoms with van der Waals surface area (Å²) in [6.45, 7) is 11.0. The van der Waals surface area contributed by atoms with E-state index in [2.05, 4.69) is 20.7 Å². The first-order valence-corrected chi connectivity index (χ1v) is 16.7. The number of aryl methyl sites for hydroxylation is 2. The van der Waals surface area contributed by atoms with Crippen LogP contribution in [-0.4, -0.2) is 94.7 Å². The highest BCUT2D eigenvalue weighted by molar-refractivity contribution is 6.03. The summed E-state index contributed by atoms with van der Waals surface area (Å²) in [5.41, 5.74) is 2.88. The number of carbonyl (C=O) groups excluding carboxylic acids is 2. The number of nitrogens with one attached hydrogen (secondary N) is 2. The third-order valence-corrected chi connectivity index (χ3v) is 8.73. The second-order valence-corrected chi connectivity index (χ2v) is 13.0. The molecule has 13 heteroatoms. The number of amides is 3. The number of urea groups is 1. The van der Waals surface area contributed by atoms with Crippen molar-refractivity contribution in [2.24, 2.45) is 5.92 Å². The van der Waals surface area contributed by atoms with Crippen molar-refractivity contribution in [2.75, 3.05) is 44.0 Å². The molecule has 13 nitrogen and oxygen atoms in total. The van der Waals surface area contributed by atoms with E-state index in [1.165, 1.54) is 0 Å². The summed E-state index contributed by atoms with van der Waals surface area (Å²) in [5.74, 6) is -0.556. The number of fused-ring (bicyclic) bond motifs is 1. The number of benzene rings is 2. The normalized spacial score (nSPS) is 19.8. The molecule has 2 aromatic carbocycles. The highest BCUT2D eigenvalue weighted by Gasteiger charge is 2.30. The summed E-state index contributed by atoms with van der Waals surface area (Å²) in [6.07, 6.45) is 2.03. The number of ether oxygens (including phenoxy) is 2. The van der Waals surface area contributed by atoms with E-state index in [0.717, 1.165) is 24.8 Å². The predicted octanol–water partition coefficient (Wildman–Crippen LogP) is 5.56. The van der Waals surface area contributed by atoms with Crippen LogP contribution in [0.15, 0.2) is 47.0 Å². The van der Waals surface area contributed by atoms with Crippen molar-refractivity contribution < 1.29 is 38.6 Å². The van der Waals surface area contributed by atoms with E-state index in [1.807, 2.05) is 33.0 Å². The van der Waals surface area contributed by atoms with Crippen LogP contribution in [0.5, 0.6) is 5.75 Å². The first-order chi connectivity index (χ1) is 23.4. The molecular formula is C36H49N5O8. The van der Waals surface area contributed by atoms with Gasteiger partial charge in [0.25, 0.3) is 5.91 Å².